The fourth-order valence-electron chi connectivity index (χ4n) is 3.20. The Morgan fingerprint density at radius 2 is 2.18 bits per heavy atom. The lowest BCUT2D eigenvalue weighted by Crippen LogP contribution is -2.55. The Balaban J connectivity index is 1.83. The molecule has 3 heteroatoms. The van der Waals surface area contributed by atoms with Crippen molar-refractivity contribution in [3.05, 3.63) is 27.8 Å². The van der Waals surface area contributed by atoms with Crippen LogP contribution in [0.1, 0.15) is 19.8 Å². The highest BCUT2D eigenvalue weighted by molar-refractivity contribution is 14.1. The van der Waals surface area contributed by atoms with Crippen molar-refractivity contribution in [1.82, 2.24) is 4.90 Å². The Bertz CT molecular complexity index is 407. The van der Waals surface area contributed by atoms with Gasteiger partial charge in [0.05, 0.1) is 0 Å². The lowest BCUT2D eigenvalue weighted by atomic mass is 10.1. The standard InChI is InChI=1S/C14H19IN2/c1-11-9-16-7-3-6-14(16)10-17(11)13-5-2-4-12(15)8-13/h2,4-5,8,11,14H,3,6-7,9-10H2,1H3. The molecule has 1 aromatic carbocycles. The van der Waals surface area contributed by atoms with Crippen molar-refractivity contribution in [2.24, 2.45) is 0 Å². The van der Waals surface area contributed by atoms with Crippen molar-refractivity contribution in [3.63, 3.8) is 0 Å². The van der Waals surface area contributed by atoms with E-state index in [-0.39, 0.29) is 0 Å². The minimum atomic E-state index is 0.641. The molecule has 1 aromatic rings. The smallest absolute Gasteiger partial charge is 0.0389 e. The number of anilines is 1. The van der Waals surface area contributed by atoms with E-state index in [0.717, 1.165) is 6.04 Å². The van der Waals surface area contributed by atoms with Gasteiger partial charge in [0.2, 0.25) is 0 Å². The zero-order valence-corrected chi connectivity index (χ0v) is 12.4. The summed E-state index contributed by atoms with van der Waals surface area (Å²) in [7, 11) is 0. The van der Waals surface area contributed by atoms with Gasteiger partial charge in [-0.25, -0.2) is 0 Å². The Hall–Kier alpha value is -0.290. The number of hydrogen-bond acceptors (Lipinski definition) is 2. The van der Waals surface area contributed by atoms with Crippen molar-refractivity contribution in [2.45, 2.75) is 31.8 Å². The monoisotopic (exact) mass is 342 g/mol. The van der Waals surface area contributed by atoms with Gasteiger partial charge in [0.25, 0.3) is 0 Å². The van der Waals surface area contributed by atoms with Crippen LogP contribution in [0.5, 0.6) is 0 Å². The number of piperazine rings is 1. The summed E-state index contributed by atoms with van der Waals surface area (Å²) in [5, 5.41) is 0. The first-order valence-corrected chi connectivity index (χ1v) is 7.58. The van der Waals surface area contributed by atoms with E-state index in [1.54, 1.807) is 0 Å². The molecule has 0 N–H and O–H groups in total. The van der Waals surface area contributed by atoms with Crippen LogP contribution in [-0.2, 0) is 0 Å². The van der Waals surface area contributed by atoms with Crippen LogP contribution >= 0.6 is 22.6 Å². The van der Waals surface area contributed by atoms with Crippen molar-refractivity contribution in [3.8, 4) is 0 Å². The van der Waals surface area contributed by atoms with E-state index < -0.39 is 0 Å². The van der Waals surface area contributed by atoms with Crippen LogP contribution in [0.4, 0.5) is 5.69 Å². The summed E-state index contributed by atoms with van der Waals surface area (Å²) in [6, 6.07) is 10.3. The molecule has 0 bridgehead atoms. The highest BCUT2D eigenvalue weighted by Crippen LogP contribution is 2.29. The second-order valence-corrected chi connectivity index (χ2v) is 6.52. The molecule has 0 aromatic heterocycles. The first-order chi connectivity index (χ1) is 8.24. The van der Waals surface area contributed by atoms with Crippen LogP contribution < -0.4 is 4.90 Å². The Kier molecular flexibility index (Phi) is 3.30. The maximum absolute atomic E-state index is 2.68. The molecule has 2 atom stereocenters. The van der Waals surface area contributed by atoms with Gasteiger partial charge >= 0.3 is 0 Å². The molecule has 92 valence electrons. The molecule has 2 saturated heterocycles. The SMILES string of the molecule is CC1CN2CCCC2CN1c1cccc(I)c1. The van der Waals surface area contributed by atoms with Gasteiger partial charge in [0.15, 0.2) is 0 Å². The van der Waals surface area contributed by atoms with E-state index in [1.165, 1.54) is 41.7 Å². The molecule has 0 amide bonds. The number of benzene rings is 1. The van der Waals surface area contributed by atoms with Crippen molar-refractivity contribution in [1.29, 1.82) is 0 Å². The third-order valence-corrected chi connectivity index (χ3v) is 4.75. The summed E-state index contributed by atoms with van der Waals surface area (Å²) < 4.78 is 1.33. The van der Waals surface area contributed by atoms with Crippen LogP contribution in [0, 0.1) is 3.57 Å². The molecule has 2 aliphatic heterocycles. The van der Waals surface area contributed by atoms with Crippen LogP contribution in [0.2, 0.25) is 0 Å². The number of rotatable bonds is 1. The minimum absolute atomic E-state index is 0.641. The molecule has 0 saturated carbocycles. The zero-order chi connectivity index (χ0) is 11.8. The Labute approximate surface area is 117 Å². The molecule has 2 heterocycles. The quantitative estimate of drug-likeness (QED) is 0.724. The van der Waals surface area contributed by atoms with Crippen molar-refractivity contribution < 1.29 is 0 Å². The molecule has 0 radical (unpaired) electrons. The first-order valence-electron chi connectivity index (χ1n) is 6.50. The highest BCUT2D eigenvalue weighted by atomic mass is 127. The van der Waals surface area contributed by atoms with Gasteiger partial charge in [-0.3, -0.25) is 4.90 Å². The fraction of sp³-hybridized carbons (Fsp3) is 0.571. The van der Waals surface area contributed by atoms with E-state index in [9.17, 15) is 0 Å². The lowest BCUT2D eigenvalue weighted by Gasteiger charge is -2.43. The van der Waals surface area contributed by atoms with Gasteiger partial charge in [-0.1, -0.05) is 6.07 Å². The van der Waals surface area contributed by atoms with E-state index in [4.69, 9.17) is 0 Å². The van der Waals surface area contributed by atoms with Crippen molar-refractivity contribution >= 4 is 28.3 Å². The highest BCUT2D eigenvalue weighted by Gasteiger charge is 2.34. The summed E-state index contributed by atoms with van der Waals surface area (Å²) in [6.45, 7) is 6.11. The predicted octanol–water partition coefficient (Wildman–Crippen LogP) is 2.96. The van der Waals surface area contributed by atoms with Gasteiger partial charge in [0, 0.05) is 34.4 Å². The zero-order valence-electron chi connectivity index (χ0n) is 10.3. The summed E-state index contributed by atoms with van der Waals surface area (Å²) in [5.41, 5.74) is 1.40. The van der Waals surface area contributed by atoms with Gasteiger partial charge in [0.1, 0.15) is 0 Å². The van der Waals surface area contributed by atoms with E-state index >= 15 is 0 Å². The molecule has 2 unspecified atom stereocenters. The average Bonchev–Trinajstić information content (AvgIpc) is 2.75. The molecule has 3 rings (SSSR count). The van der Waals surface area contributed by atoms with Gasteiger partial charge < -0.3 is 4.90 Å². The topological polar surface area (TPSA) is 6.48 Å². The molecule has 0 aliphatic carbocycles. The minimum Gasteiger partial charge on any atom is -0.366 e. The lowest BCUT2D eigenvalue weighted by molar-refractivity contribution is 0.203. The second kappa shape index (κ2) is 4.76. The molecular weight excluding hydrogens is 323 g/mol. The Morgan fingerprint density at radius 3 is 3.00 bits per heavy atom. The van der Waals surface area contributed by atoms with Gasteiger partial charge in [-0.2, -0.15) is 0 Å². The third-order valence-electron chi connectivity index (χ3n) is 4.08. The third kappa shape index (κ3) is 2.32. The van der Waals surface area contributed by atoms with E-state index in [0.29, 0.717) is 6.04 Å². The average molecular weight is 342 g/mol. The van der Waals surface area contributed by atoms with Gasteiger partial charge in [-0.05, 0) is 67.1 Å². The van der Waals surface area contributed by atoms with Gasteiger partial charge in [-0.15, -0.1) is 0 Å². The normalized spacial score (nSPS) is 29.4. The van der Waals surface area contributed by atoms with E-state index in [2.05, 4.69) is 63.6 Å². The molecule has 0 spiro atoms. The maximum Gasteiger partial charge on any atom is 0.0389 e. The summed E-state index contributed by atoms with van der Waals surface area (Å²) in [4.78, 5) is 5.27. The molecule has 17 heavy (non-hydrogen) atoms. The van der Waals surface area contributed by atoms with Crippen LogP contribution in [0.25, 0.3) is 0 Å². The molecular formula is C14H19IN2. The summed E-state index contributed by atoms with van der Waals surface area (Å²) in [6.07, 6.45) is 2.77. The summed E-state index contributed by atoms with van der Waals surface area (Å²) >= 11 is 2.40. The van der Waals surface area contributed by atoms with Crippen LogP contribution in [-0.4, -0.2) is 36.6 Å². The first kappa shape index (κ1) is 11.8. The van der Waals surface area contributed by atoms with E-state index in [1.807, 2.05) is 0 Å². The summed E-state index contributed by atoms with van der Waals surface area (Å²) in [5.74, 6) is 0. The Morgan fingerprint density at radius 1 is 1.29 bits per heavy atom. The molecule has 2 fully saturated rings. The maximum atomic E-state index is 2.68. The number of halogens is 1. The number of nitrogens with zero attached hydrogens (tertiary/aromatic N) is 2. The largest absolute Gasteiger partial charge is 0.366 e. The number of fused-ring (bicyclic) bond motifs is 1. The molecule has 2 aliphatic rings. The van der Waals surface area contributed by atoms with Crippen LogP contribution in [0.3, 0.4) is 0 Å². The van der Waals surface area contributed by atoms with Crippen molar-refractivity contribution in [2.75, 3.05) is 24.5 Å². The predicted molar refractivity (Wildman–Crippen MR) is 80.6 cm³/mol. The van der Waals surface area contributed by atoms with Crippen LogP contribution in [0.15, 0.2) is 24.3 Å². The fourth-order valence-corrected chi connectivity index (χ4v) is 3.73. The second-order valence-electron chi connectivity index (χ2n) is 5.27. The number of hydrogen-bond donors (Lipinski definition) is 0. The molecule has 2 nitrogen and oxygen atoms in total.